The van der Waals surface area contributed by atoms with Crippen LogP contribution in [0.4, 0.5) is 0 Å². The Hall–Kier alpha value is -0.330. The molecule has 1 aromatic rings. The van der Waals surface area contributed by atoms with Crippen LogP contribution in [0.2, 0.25) is 5.02 Å². The van der Waals surface area contributed by atoms with E-state index in [9.17, 15) is 8.42 Å². The summed E-state index contributed by atoms with van der Waals surface area (Å²) in [7, 11) is -2.04. The van der Waals surface area contributed by atoms with Crippen molar-refractivity contribution in [2.75, 3.05) is 20.3 Å². The Morgan fingerprint density at radius 2 is 1.94 bits per heavy atom. The van der Waals surface area contributed by atoms with Crippen LogP contribution in [0.15, 0.2) is 29.2 Å². The molecule has 0 saturated carbocycles. The minimum Gasteiger partial charge on any atom is -0.383 e. The van der Waals surface area contributed by atoms with Crippen molar-refractivity contribution in [1.82, 2.24) is 4.72 Å². The van der Waals surface area contributed by atoms with E-state index in [1.54, 1.807) is 0 Å². The molecule has 0 fully saturated rings. The number of alkyl halides is 1. The Kier molecular flexibility index (Phi) is 5.69. The molecule has 1 aromatic carbocycles. The summed E-state index contributed by atoms with van der Waals surface area (Å²) in [6.07, 6.45) is 0. The second-order valence-corrected chi connectivity index (χ2v) is 6.18. The monoisotopic (exact) mass is 297 g/mol. The molecule has 17 heavy (non-hydrogen) atoms. The van der Waals surface area contributed by atoms with Crippen molar-refractivity contribution in [2.24, 2.45) is 0 Å². The third-order valence-electron chi connectivity index (χ3n) is 1.97. The van der Waals surface area contributed by atoms with Gasteiger partial charge in [-0.1, -0.05) is 11.6 Å². The lowest BCUT2D eigenvalue weighted by Crippen LogP contribution is -2.31. The largest absolute Gasteiger partial charge is 0.383 e. The van der Waals surface area contributed by atoms with Gasteiger partial charge in [-0.2, -0.15) is 0 Å². The number of benzene rings is 1. The Balaban J connectivity index is 2.66. The number of ether oxygens (including phenoxy) is 1. The zero-order valence-corrected chi connectivity index (χ0v) is 11.5. The first kappa shape index (κ1) is 14.7. The summed E-state index contributed by atoms with van der Waals surface area (Å²) in [4.78, 5) is 0.156. The SMILES string of the molecule is COCC(Cl)CNS(=O)(=O)c1ccc(Cl)cc1. The summed E-state index contributed by atoms with van der Waals surface area (Å²) in [5, 5.41) is 0.0839. The van der Waals surface area contributed by atoms with E-state index < -0.39 is 15.4 Å². The van der Waals surface area contributed by atoms with Gasteiger partial charge >= 0.3 is 0 Å². The maximum Gasteiger partial charge on any atom is 0.240 e. The van der Waals surface area contributed by atoms with Gasteiger partial charge in [-0.15, -0.1) is 11.6 Å². The molecule has 0 aromatic heterocycles. The predicted octanol–water partition coefficient (Wildman–Crippen LogP) is 1.87. The highest BCUT2D eigenvalue weighted by atomic mass is 35.5. The zero-order valence-electron chi connectivity index (χ0n) is 9.19. The molecular weight excluding hydrogens is 285 g/mol. The maximum atomic E-state index is 11.8. The van der Waals surface area contributed by atoms with E-state index in [-0.39, 0.29) is 18.0 Å². The van der Waals surface area contributed by atoms with Crippen molar-refractivity contribution in [2.45, 2.75) is 10.3 Å². The number of sulfonamides is 1. The number of nitrogens with one attached hydrogen (secondary N) is 1. The average Bonchev–Trinajstić information content (AvgIpc) is 2.28. The van der Waals surface area contributed by atoms with Crippen molar-refractivity contribution in [3.05, 3.63) is 29.3 Å². The molecule has 96 valence electrons. The van der Waals surface area contributed by atoms with Crippen molar-refractivity contribution < 1.29 is 13.2 Å². The summed E-state index contributed by atoms with van der Waals surface area (Å²) < 4.78 is 30.8. The quantitative estimate of drug-likeness (QED) is 0.816. The van der Waals surface area contributed by atoms with E-state index in [1.165, 1.54) is 31.4 Å². The number of halogens is 2. The van der Waals surface area contributed by atoms with Crippen LogP contribution < -0.4 is 4.72 Å². The highest BCUT2D eigenvalue weighted by Gasteiger charge is 2.15. The Morgan fingerprint density at radius 3 is 2.47 bits per heavy atom. The fourth-order valence-electron chi connectivity index (χ4n) is 1.14. The van der Waals surface area contributed by atoms with Crippen molar-refractivity contribution in [3.8, 4) is 0 Å². The van der Waals surface area contributed by atoms with Gasteiger partial charge in [0, 0.05) is 18.7 Å². The summed E-state index contributed by atoms with van der Waals surface area (Å²) in [5.74, 6) is 0. The van der Waals surface area contributed by atoms with Crippen LogP contribution in [-0.4, -0.2) is 34.1 Å². The summed E-state index contributed by atoms with van der Waals surface area (Å²) in [6, 6.07) is 5.90. The minimum atomic E-state index is -3.54. The van der Waals surface area contributed by atoms with Crippen LogP contribution in [0.5, 0.6) is 0 Å². The van der Waals surface area contributed by atoms with Crippen molar-refractivity contribution in [1.29, 1.82) is 0 Å². The first-order valence-electron chi connectivity index (χ1n) is 4.84. The van der Waals surface area contributed by atoms with E-state index in [1.807, 2.05) is 0 Å². The molecule has 1 rings (SSSR count). The van der Waals surface area contributed by atoms with Crippen LogP contribution in [-0.2, 0) is 14.8 Å². The molecule has 1 atom stereocenters. The van der Waals surface area contributed by atoms with Gasteiger partial charge < -0.3 is 4.74 Å². The van der Waals surface area contributed by atoms with Crippen LogP contribution in [0.3, 0.4) is 0 Å². The summed E-state index contributed by atoms with van der Waals surface area (Å²) in [5.41, 5.74) is 0. The molecule has 1 N–H and O–H groups in total. The van der Waals surface area contributed by atoms with Gasteiger partial charge in [0.1, 0.15) is 0 Å². The first-order chi connectivity index (χ1) is 7.95. The second-order valence-electron chi connectivity index (χ2n) is 3.36. The first-order valence-corrected chi connectivity index (χ1v) is 7.13. The van der Waals surface area contributed by atoms with Gasteiger partial charge in [-0.3, -0.25) is 0 Å². The Morgan fingerprint density at radius 1 is 1.35 bits per heavy atom. The van der Waals surface area contributed by atoms with Crippen LogP contribution >= 0.6 is 23.2 Å². The molecule has 0 amide bonds. The van der Waals surface area contributed by atoms with Crippen LogP contribution in [0.25, 0.3) is 0 Å². The smallest absolute Gasteiger partial charge is 0.240 e. The lowest BCUT2D eigenvalue weighted by molar-refractivity contribution is 0.198. The highest BCUT2D eigenvalue weighted by Crippen LogP contribution is 2.13. The molecule has 0 aliphatic carbocycles. The molecule has 0 aliphatic rings. The number of hydrogen-bond donors (Lipinski definition) is 1. The fraction of sp³-hybridized carbons (Fsp3) is 0.400. The lowest BCUT2D eigenvalue weighted by atomic mass is 10.4. The Bertz CT molecular complexity index is 447. The number of methoxy groups -OCH3 is 1. The Labute approximate surface area is 111 Å². The predicted molar refractivity (Wildman–Crippen MR) is 68.2 cm³/mol. The van der Waals surface area contributed by atoms with E-state index in [0.29, 0.717) is 5.02 Å². The summed E-state index contributed by atoms with van der Waals surface area (Å²) >= 11 is 11.5. The standard InChI is InChI=1S/C10H13Cl2NO3S/c1-16-7-9(12)6-13-17(14,15)10-4-2-8(11)3-5-10/h2-5,9,13H,6-7H2,1H3. The van der Waals surface area contributed by atoms with Crippen molar-refractivity contribution >= 4 is 33.2 Å². The second kappa shape index (κ2) is 6.56. The summed E-state index contributed by atoms with van der Waals surface area (Å²) in [6.45, 7) is 0.394. The molecule has 0 radical (unpaired) electrons. The maximum absolute atomic E-state index is 11.8. The van der Waals surface area contributed by atoms with Gasteiger partial charge in [-0.05, 0) is 24.3 Å². The molecule has 0 saturated heterocycles. The van der Waals surface area contributed by atoms with E-state index >= 15 is 0 Å². The third-order valence-corrected chi connectivity index (χ3v) is 3.94. The van der Waals surface area contributed by atoms with Crippen LogP contribution in [0, 0.1) is 0 Å². The van der Waals surface area contributed by atoms with Gasteiger partial charge in [0.15, 0.2) is 0 Å². The molecule has 0 bridgehead atoms. The molecule has 0 heterocycles. The van der Waals surface area contributed by atoms with Gasteiger partial charge in [0.2, 0.25) is 10.0 Å². The van der Waals surface area contributed by atoms with E-state index in [4.69, 9.17) is 27.9 Å². The molecule has 0 spiro atoms. The van der Waals surface area contributed by atoms with Gasteiger partial charge in [0.25, 0.3) is 0 Å². The van der Waals surface area contributed by atoms with Crippen molar-refractivity contribution in [3.63, 3.8) is 0 Å². The normalized spacial score (nSPS) is 13.6. The molecule has 0 aliphatic heterocycles. The average molecular weight is 298 g/mol. The molecule has 4 nitrogen and oxygen atoms in total. The number of rotatable bonds is 6. The molecular formula is C10H13Cl2NO3S. The topological polar surface area (TPSA) is 55.4 Å². The highest BCUT2D eigenvalue weighted by molar-refractivity contribution is 7.89. The van der Waals surface area contributed by atoms with Gasteiger partial charge in [0.05, 0.1) is 16.9 Å². The van der Waals surface area contributed by atoms with Crippen LogP contribution in [0.1, 0.15) is 0 Å². The van der Waals surface area contributed by atoms with E-state index in [2.05, 4.69) is 4.72 Å². The fourth-order valence-corrected chi connectivity index (χ4v) is 2.64. The third kappa shape index (κ3) is 4.81. The molecule has 7 heteroatoms. The minimum absolute atomic E-state index is 0.111. The van der Waals surface area contributed by atoms with Gasteiger partial charge in [-0.25, -0.2) is 13.1 Å². The molecule has 1 unspecified atom stereocenters. The lowest BCUT2D eigenvalue weighted by Gasteiger charge is -2.10. The number of hydrogen-bond acceptors (Lipinski definition) is 3. The van der Waals surface area contributed by atoms with E-state index in [0.717, 1.165) is 0 Å². The zero-order chi connectivity index (χ0) is 12.9.